The predicted octanol–water partition coefficient (Wildman–Crippen LogP) is 32.0. The quantitative estimate of drug-likeness (QED) is 0.120. The van der Waals surface area contributed by atoms with Gasteiger partial charge < -0.3 is 13.7 Å². The van der Waals surface area contributed by atoms with E-state index in [9.17, 15) is 0 Å². The van der Waals surface area contributed by atoms with E-state index in [-0.39, 0.29) is 16.2 Å². The topological polar surface area (TPSA) is 105 Å². The van der Waals surface area contributed by atoms with E-state index in [0.29, 0.717) is 29.1 Å². The summed E-state index contributed by atoms with van der Waals surface area (Å²) in [5.74, 6) is 3.39. The molecule has 0 spiro atoms. The van der Waals surface area contributed by atoms with Crippen LogP contribution >= 0.6 is 0 Å². The third-order valence-corrected chi connectivity index (χ3v) is 28.6. The fourth-order valence-corrected chi connectivity index (χ4v) is 22.0. The van der Waals surface area contributed by atoms with Gasteiger partial charge in [-0.25, -0.2) is 34.9 Å². The second-order valence-electron chi connectivity index (χ2n) is 37.8. The molecule has 0 unspecified atom stereocenters. The first-order chi connectivity index (χ1) is 67.7. The Hall–Kier alpha value is -17.5. The molecular formula is C128H92N10. The molecular weight excluding hydrogens is 1680 g/mol. The monoisotopic (exact) mass is 1770 g/mol. The molecule has 0 saturated carbocycles. The van der Waals surface area contributed by atoms with Gasteiger partial charge in [-0.3, -0.25) is 0 Å². The number of hydrogen-bond acceptors (Lipinski definition) is 7. The second-order valence-corrected chi connectivity index (χ2v) is 37.8. The van der Waals surface area contributed by atoms with E-state index < -0.39 is 0 Å². The molecule has 10 nitrogen and oxygen atoms in total. The molecule has 0 saturated heterocycles. The Kier molecular flexibility index (Phi) is 19.7. The van der Waals surface area contributed by atoms with Crippen LogP contribution in [0.2, 0.25) is 0 Å². The largest absolute Gasteiger partial charge is 0.309 e. The molecule has 0 aliphatic heterocycles. The van der Waals surface area contributed by atoms with E-state index in [1.54, 1.807) is 0 Å². The fourth-order valence-electron chi connectivity index (χ4n) is 22.0. The zero-order chi connectivity index (χ0) is 92.5. The van der Waals surface area contributed by atoms with Crippen molar-refractivity contribution in [2.45, 2.75) is 57.8 Å². The highest BCUT2D eigenvalue weighted by atomic mass is 15.0. The average molecular weight is 1770 g/mol. The van der Waals surface area contributed by atoms with Crippen molar-refractivity contribution in [3.8, 4) is 152 Å². The molecule has 3 aliphatic carbocycles. The molecule has 24 aromatic rings. The lowest BCUT2D eigenvalue weighted by molar-refractivity contribution is 0.661. The van der Waals surface area contributed by atoms with E-state index >= 15 is 0 Å². The molecule has 27 rings (SSSR count). The maximum Gasteiger partial charge on any atom is 0.164 e. The second kappa shape index (κ2) is 33.0. The van der Waals surface area contributed by atoms with Gasteiger partial charge in [-0.1, -0.05) is 387 Å². The number of fused-ring (bicyclic) bond motifs is 20. The maximum atomic E-state index is 5.06. The number of benzene rings is 18. The molecule has 18 aromatic carbocycles. The average Bonchev–Trinajstić information content (AvgIpc) is 1.54. The van der Waals surface area contributed by atoms with Crippen LogP contribution < -0.4 is 0 Å². The summed E-state index contributed by atoms with van der Waals surface area (Å²) < 4.78 is 7.30. The van der Waals surface area contributed by atoms with Gasteiger partial charge in [0.15, 0.2) is 29.1 Å². The molecule has 0 atom stereocenters. The van der Waals surface area contributed by atoms with Gasteiger partial charge in [0.1, 0.15) is 0 Å². The van der Waals surface area contributed by atoms with Crippen LogP contribution in [-0.2, 0) is 16.2 Å². The van der Waals surface area contributed by atoms with Crippen LogP contribution in [0.1, 0.15) is 74.9 Å². The minimum Gasteiger partial charge on any atom is -0.309 e. The first kappa shape index (κ1) is 82.4. The Bertz CT molecular complexity index is 8730. The van der Waals surface area contributed by atoms with Gasteiger partial charge in [-0.2, -0.15) is 0 Å². The van der Waals surface area contributed by atoms with E-state index in [1.807, 2.05) is 84.9 Å². The van der Waals surface area contributed by atoms with E-state index in [2.05, 4.69) is 419 Å². The summed E-state index contributed by atoms with van der Waals surface area (Å²) in [6.07, 6.45) is 0. The van der Waals surface area contributed by atoms with Gasteiger partial charge in [-0.15, -0.1) is 0 Å². The molecule has 0 fully saturated rings. The van der Waals surface area contributed by atoms with Gasteiger partial charge in [0.2, 0.25) is 0 Å². The molecule has 0 radical (unpaired) electrons. The summed E-state index contributed by atoms with van der Waals surface area (Å²) in [5, 5.41) is 7.61. The lowest BCUT2D eigenvalue weighted by Crippen LogP contribution is -2.16. The van der Waals surface area contributed by atoms with E-state index in [4.69, 9.17) is 34.9 Å². The highest BCUT2D eigenvalue weighted by molar-refractivity contribution is 6.16. The molecule has 0 bridgehead atoms. The summed E-state index contributed by atoms with van der Waals surface area (Å²) >= 11 is 0. The highest BCUT2D eigenvalue weighted by Gasteiger charge is 2.42. The van der Waals surface area contributed by atoms with Crippen LogP contribution in [0, 0.1) is 0 Å². The number of aromatic nitrogens is 10. The first-order valence-electron chi connectivity index (χ1n) is 47.4. The standard InChI is InChI=1S/2C43H31N3.C42H30N4/c1-43(2)36-19-11-9-17-32(36)34-26-41-35(25-37(34)43)33-18-10-12-20-40(33)46(41)31-23-21-30(22-24-31)42-44-38(28-13-5-3-6-14-28)27-39(45-42)29-15-7-4-8-16-29;1-43(2)36-19-11-9-17-32(36)34-25-26-35-33-18-10-12-20-39(33)46(41(35)40(34)43)31-23-21-30(22-24-31)42-44-37(28-13-5-3-6-14-28)27-38(45-42)29-15-7-4-8-16-29;1-42(2)35-22-11-9-20-31(35)33-24-25-34-32-21-10-12-23-36(32)46(38(34)37(33)42)30-19-13-18-29(26-30)41-44-39(27-14-5-3-6-15-27)43-40(45-41)28-16-7-4-8-17-28/h2*3-27H,1-2H3;3-26H,1-2H3. The van der Waals surface area contributed by atoms with Gasteiger partial charge in [0.25, 0.3) is 0 Å². The molecule has 0 amide bonds. The van der Waals surface area contributed by atoms with Crippen molar-refractivity contribution in [2.75, 3.05) is 0 Å². The molecule has 3 aliphatic rings. The Morgan fingerprint density at radius 2 is 0.471 bits per heavy atom. The van der Waals surface area contributed by atoms with Gasteiger partial charge in [-0.05, 0) is 170 Å². The van der Waals surface area contributed by atoms with Crippen LogP contribution in [0.5, 0.6) is 0 Å². The lowest BCUT2D eigenvalue weighted by atomic mass is 9.81. The number of para-hydroxylation sites is 3. The number of hydrogen-bond donors (Lipinski definition) is 0. The summed E-state index contributed by atoms with van der Waals surface area (Å²) in [7, 11) is 0. The van der Waals surface area contributed by atoms with Crippen molar-refractivity contribution >= 4 is 65.4 Å². The smallest absolute Gasteiger partial charge is 0.164 e. The maximum absolute atomic E-state index is 5.06. The molecule has 6 heterocycles. The van der Waals surface area contributed by atoms with Crippen molar-refractivity contribution in [1.29, 1.82) is 0 Å². The predicted molar refractivity (Wildman–Crippen MR) is 569 cm³/mol. The normalized spacial score (nSPS) is 13.2. The van der Waals surface area contributed by atoms with Crippen LogP contribution in [0.25, 0.3) is 218 Å². The van der Waals surface area contributed by atoms with Gasteiger partial charge in [0, 0.05) is 116 Å². The summed E-state index contributed by atoms with van der Waals surface area (Å²) in [6.45, 7) is 14.1. The van der Waals surface area contributed by atoms with Crippen molar-refractivity contribution in [3.05, 3.63) is 482 Å². The van der Waals surface area contributed by atoms with Crippen LogP contribution in [0.4, 0.5) is 0 Å². The number of nitrogens with zero attached hydrogens (tertiary/aromatic N) is 10. The van der Waals surface area contributed by atoms with Gasteiger partial charge in [0.05, 0.1) is 55.9 Å². The minimum absolute atomic E-state index is 0.0438. The first-order valence-corrected chi connectivity index (χ1v) is 47.4. The zero-order valence-electron chi connectivity index (χ0n) is 77.2. The Labute approximate surface area is 801 Å². The SMILES string of the molecule is CC1(C)c2ccccc2-c2cc3c(cc21)c1ccccc1n3-c1ccc(-c2nc(-c3ccccc3)cc(-c3ccccc3)n2)cc1.CC1(C)c2ccccc2-c2ccc3c4ccccc4n(-c4ccc(-c5nc(-c6ccccc6)cc(-c6ccccc6)n5)cc4)c3c21.CC1(C)c2ccccc2-c2ccc3c4ccccc4n(-c4cccc(-c5nc(-c6ccccc6)nc(-c6ccccc6)n5)c4)c3c21. The van der Waals surface area contributed by atoms with Crippen molar-refractivity contribution < 1.29 is 0 Å². The van der Waals surface area contributed by atoms with Crippen molar-refractivity contribution in [3.63, 3.8) is 0 Å². The van der Waals surface area contributed by atoms with Gasteiger partial charge >= 0.3 is 0 Å². The third-order valence-electron chi connectivity index (χ3n) is 28.6. The Morgan fingerprint density at radius 3 is 0.884 bits per heavy atom. The Morgan fingerprint density at radius 1 is 0.167 bits per heavy atom. The number of rotatable bonds is 12. The van der Waals surface area contributed by atoms with Crippen molar-refractivity contribution in [2.24, 2.45) is 0 Å². The highest BCUT2D eigenvalue weighted by Crippen LogP contribution is 2.57. The molecule has 138 heavy (non-hydrogen) atoms. The van der Waals surface area contributed by atoms with Crippen molar-refractivity contribution in [1.82, 2.24) is 48.6 Å². The fraction of sp³-hybridized carbons (Fsp3) is 0.0703. The minimum atomic E-state index is -0.154. The Balaban J connectivity index is 0.000000110. The van der Waals surface area contributed by atoms with E-state index in [0.717, 1.165) is 89.9 Å². The molecule has 10 heteroatoms. The zero-order valence-corrected chi connectivity index (χ0v) is 77.2. The van der Waals surface area contributed by atoms with Crippen LogP contribution in [0.15, 0.2) is 449 Å². The molecule has 654 valence electrons. The van der Waals surface area contributed by atoms with E-state index in [1.165, 1.54) is 132 Å². The summed E-state index contributed by atoms with van der Waals surface area (Å²) in [6, 6.07) is 159. The summed E-state index contributed by atoms with van der Waals surface area (Å²) in [4.78, 5) is 35.2. The van der Waals surface area contributed by atoms with Crippen LogP contribution in [-0.4, -0.2) is 48.6 Å². The molecule has 6 aromatic heterocycles. The third kappa shape index (κ3) is 13.8. The van der Waals surface area contributed by atoms with Crippen LogP contribution in [0.3, 0.4) is 0 Å². The lowest BCUT2D eigenvalue weighted by Gasteiger charge is -2.23. The molecule has 0 N–H and O–H groups in total. The summed E-state index contributed by atoms with van der Waals surface area (Å²) in [5.41, 5.74) is 39.3.